The van der Waals surface area contributed by atoms with Crippen molar-refractivity contribution < 1.29 is 0 Å². The lowest BCUT2D eigenvalue weighted by Gasteiger charge is -2.08. The van der Waals surface area contributed by atoms with Gasteiger partial charge in [-0.3, -0.25) is 0 Å². The first-order chi connectivity index (χ1) is 13.7. The van der Waals surface area contributed by atoms with Crippen molar-refractivity contribution in [2.45, 2.75) is 6.54 Å². The molecule has 4 rings (SSSR count). The minimum absolute atomic E-state index is 0.289. The van der Waals surface area contributed by atoms with Gasteiger partial charge in [0.15, 0.2) is 0 Å². The summed E-state index contributed by atoms with van der Waals surface area (Å²) < 4.78 is 2.02. The van der Waals surface area contributed by atoms with Crippen LogP contribution in [0.25, 0.3) is 21.8 Å². The van der Waals surface area contributed by atoms with Gasteiger partial charge in [0.25, 0.3) is 0 Å². The second kappa shape index (κ2) is 6.62. The molecule has 5 heteroatoms. The molecule has 0 spiro atoms. The fourth-order valence-electron chi connectivity index (χ4n) is 3.49. The molecule has 0 aliphatic rings. The van der Waals surface area contributed by atoms with Crippen molar-refractivity contribution in [2.75, 3.05) is 0 Å². The minimum Gasteiger partial charge on any atom is -0.336 e. The Kier molecular flexibility index (Phi) is 3.99. The van der Waals surface area contributed by atoms with Crippen LogP contribution in [0.15, 0.2) is 54.6 Å². The van der Waals surface area contributed by atoms with Gasteiger partial charge in [-0.2, -0.15) is 21.0 Å². The summed E-state index contributed by atoms with van der Waals surface area (Å²) in [6, 6.07) is 24.9. The van der Waals surface area contributed by atoms with E-state index in [-0.39, 0.29) is 11.1 Å². The molecule has 0 N–H and O–H groups in total. The fourth-order valence-corrected chi connectivity index (χ4v) is 3.49. The third-order valence-corrected chi connectivity index (χ3v) is 4.81. The van der Waals surface area contributed by atoms with Gasteiger partial charge in [0.05, 0.1) is 33.3 Å². The molecular weight excluding hydrogens is 346 g/mol. The van der Waals surface area contributed by atoms with Crippen LogP contribution < -0.4 is 0 Å². The summed E-state index contributed by atoms with van der Waals surface area (Å²) in [5.74, 6) is 0. The molecule has 0 amide bonds. The largest absolute Gasteiger partial charge is 0.336 e. The Balaban J connectivity index is 2.15. The van der Waals surface area contributed by atoms with Crippen molar-refractivity contribution in [1.82, 2.24) is 4.57 Å². The lowest BCUT2D eigenvalue weighted by atomic mass is 10.0. The predicted molar refractivity (Wildman–Crippen MR) is 104 cm³/mol. The van der Waals surface area contributed by atoms with Gasteiger partial charge < -0.3 is 4.57 Å². The lowest BCUT2D eigenvalue weighted by Crippen LogP contribution is -2.00. The Morgan fingerprint density at radius 2 is 1.04 bits per heavy atom. The number of hydrogen-bond acceptors (Lipinski definition) is 4. The van der Waals surface area contributed by atoms with Gasteiger partial charge in [0, 0.05) is 17.3 Å². The van der Waals surface area contributed by atoms with Crippen molar-refractivity contribution in [3.8, 4) is 24.3 Å². The van der Waals surface area contributed by atoms with E-state index in [0.29, 0.717) is 17.7 Å². The van der Waals surface area contributed by atoms with Crippen LogP contribution in [0, 0.1) is 45.3 Å². The van der Waals surface area contributed by atoms with E-state index in [4.69, 9.17) is 0 Å². The van der Waals surface area contributed by atoms with Gasteiger partial charge in [0.1, 0.15) is 24.3 Å². The standard InChI is InChI=1S/C23H11N5/c24-10-16-6-20-21-7-17(11-25)19(13-27)9-23(21)28(22(20)8-18(16)12-26)14-15-4-2-1-3-5-15/h1-9H,14H2. The zero-order valence-electron chi connectivity index (χ0n) is 14.6. The maximum Gasteiger partial charge on any atom is 0.101 e. The van der Waals surface area contributed by atoms with E-state index in [1.165, 1.54) is 0 Å². The quantitative estimate of drug-likeness (QED) is 0.533. The number of fused-ring (bicyclic) bond motifs is 3. The molecule has 1 aromatic heterocycles. The van der Waals surface area contributed by atoms with E-state index in [1.807, 2.05) is 34.9 Å². The molecule has 0 saturated carbocycles. The Morgan fingerprint density at radius 1 is 0.607 bits per heavy atom. The summed E-state index contributed by atoms with van der Waals surface area (Å²) in [4.78, 5) is 0. The average molecular weight is 357 g/mol. The predicted octanol–water partition coefficient (Wildman–Crippen LogP) is 4.33. The second-order valence-electron chi connectivity index (χ2n) is 6.35. The summed E-state index contributed by atoms with van der Waals surface area (Å²) >= 11 is 0. The Hall–Kier alpha value is -4.58. The van der Waals surface area contributed by atoms with Gasteiger partial charge >= 0.3 is 0 Å². The van der Waals surface area contributed by atoms with Crippen molar-refractivity contribution in [1.29, 1.82) is 21.0 Å². The van der Waals surface area contributed by atoms with Crippen LogP contribution >= 0.6 is 0 Å². The topological polar surface area (TPSA) is 100 Å². The minimum atomic E-state index is 0.289. The van der Waals surface area contributed by atoms with Crippen molar-refractivity contribution in [3.05, 3.63) is 82.4 Å². The maximum absolute atomic E-state index is 9.43. The molecule has 4 aromatic rings. The number of hydrogen-bond donors (Lipinski definition) is 0. The van der Waals surface area contributed by atoms with Crippen molar-refractivity contribution in [2.24, 2.45) is 0 Å². The SMILES string of the molecule is N#Cc1cc2c3cc(C#N)c(C#N)cc3n(Cc3ccccc3)c2cc1C#N. The molecule has 1 heterocycles. The third-order valence-electron chi connectivity index (χ3n) is 4.81. The highest BCUT2D eigenvalue weighted by atomic mass is 15.0. The first-order valence-corrected chi connectivity index (χ1v) is 8.48. The molecule has 5 nitrogen and oxygen atoms in total. The van der Waals surface area contributed by atoms with Crippen molar-refractivity contribution in [3.63, 3.8) is 0 Å². The highest BCUT2D eigenvalue weighted by molar-refractivity contribution is 6.09. The number of aromatic nitrogens is 1. The number of benzene rings is 3. The molecule has 0 aliphatic carbocycles. The molecule has 0 bridgehead atoms. The van der Waals surface area contributed by atoms with Gasteiger partial charge in [-0.1, -0.05) is 30.3 Å². The molecular formula is C23H11N5. The molecule has 0 saturated heterocycles. The van der Waals surface area contributed by atoms with Gasteiger partial charge in [-0.05, 0) is 29.8 Å². The lowest BCUT2D eigenvalue weighted by molar-refractivity contribution is 0.868. The van der Waals surface area contributed by atoms with Gasteiger partial charge in [-0.25, -0.2) is 0 Å². The van der Waals surface area contributed by atoms with Gasteiger partial charge in [0.2, 0.25) is 0 Å². The molecule has 0 fully saturated rings. The molecule has 128 valence electrons. The smallest absolute Gasteiger partial charge is 0.101 e. The van der Waals surface area contributed by atoms with Crippen LogP contribution in [-0.2, 0) is 6.54 Å². The summed E-state index contributed by atoms with van der Waals surface area (Å²) in [5.41, 5.74) is 3.81. The number of nitrogens with zero attached hydrogens (tertiary/aromatic N) is 5. The zero-order valence-corrected chi connectivity index (χ0v) is 14.6. The molecule has 28 heavy (non-hydrogen) atoms. The van der Waals surface area contributed by atoms with E-state index in [9.17, 15) is 21.0 Å². The maximum atomic E-state index is 9.43. The second-order valence-corrected chi connectivity index (χ2v) is 6.35. The summed E-state index contributed by atoms with van der Waals surface area (Å²) in [6.07, 6.45) is 0. The molecule has 0 radical (unpaired) electrons. The van der Waals surface area contributed by atoms with Crippen LogP contribution in [0.5, 0.6) is 0 Å². The molecule has 0 aliphatic heterocycles. The average Bonchev–Trinajstić information content (AvgIpc) is 3.04. The van der Waals surface area contributed by atoms with Crippen LogP contribution in [0.3, 0.4) is 0 Å². The van der Waals surface area contributed by atoms with E-state index in [1.54, 1.807) is 24.3 Å². The summed E-state index contributed by atoms with van der Waals surface area (Å²) in [7, 11) is 0. The van der Waals surface area contributed by atoms with E-state index >= 15 is 0 Å². The number of nitriles is 4. The first-order valence-electron chi connectivity index (χ1n) is 8.48. The molecule has 0 atom stereocenters. The van der Waals surface area contributed by atoms with Crippen LogP contribution in [0.2, 0.25) is 0 Å². The highest BCUT2D eigenvalue weighted by Gasteiger charge is 2.17. The van der Waals surface area contributed by atoms with Gasteiger partial charge in [-0.15, -0.1) is 0 Å². The summed E-state index contributed by atoms with van der Waals surface area (Å²) in [6.45, 7) is 0.536. The van der Waals surface area contributed by atoms with E-state index in [0.717, 1.165) is 27.4 Å². The Morgan fingerprint density at radius 3 is 1.46 bits per heavy atom. The third kappa shape index (κ3) is 2.53. The van der Waals surface area contributed by atoms with Crippen LogP contribution in [-0.4, -0.2) is 4.57 Å². The molecule has 0 unspecified atom stereocenters. The molecule has 3 aromatic carbocycles. The highest BCUT2D eigenvalue weighted by Crippen LogP contribution is 2.33. The number of rotatable bonds is 2. The monoisotopic (exact) mass is 357 g/mol. The van der Waals surface area contributed by atoms with Crippen LogP contribution in [0.1, 0.15) is 27.8 Å². The van der Waals surface area contributed by atoms with E-state index < -0.39 is 0 Å². The van der Waals surface area contributed by atoms with E-state index in [2.05, 4.69) is 24.3 Å². The van der Waals surface area contributed by atoms with Crippen molar-refractivity contribution >= 4 is 21.8 Å². The normalized spacial score (nSPS) is 10.1. The Labute approximate surface area is 161 Å². The Bertz CT molecular complexity index is 1330. The fraction of sp³-hybridized carbons (Fsp3) is 0.0435. The zero-order chi connectivity index (χ0) is 19.7. The summed E-state index contributed by atoms with van der Waals surface area (Å²) in [5, 5.41) is 39.2. The van der Waals surface area contributed by atoms with Crippen LogP contribution in [0.4, 0.5) is 0 Å². The first kappa shape index (κ1) is 16.9.